The molecule has 0 aromatic carbocycles. The molecule has 4 atom stereocenters. The van der Waals surface area contributed by atoms with Gasteiger partial charge in [-0.25, -0.2) is 9.78 Å². The third-order valence-electron chi connectivity index (χ3n) is 2.93. The van der Waals surface area contributed by atoms with Crippen LogP contribution in [0.25, 0.3) is 0 Å². The number of aliphatic hydroxyl groups is 3. The maximum atomic E-state index is 11.6. The number of aliphatic hydroxyl groups excluding tert-OH is 2. The minimum atomic E-state index is -1.75. The first-order valence-electron chi connectivity index (χ1n) is 5.25. The van der Waals surface area contributed by atoms with Crippen LogP contribution in [-0.2, 0) is 4.74 Å². The van der Waals surface area contributed by atoms with Gasteiger partial charge in [-0.05, 0) is 6.92 Å². The number of rotatable bonds is 2. The fourth-order valence-electron chi connectivity index (χ4n) is 1.91. The lowest BCUT2D eigenvalue weighted by Gasteiger charge is -2.26. The van der Waals surface area contributed by atoms with Crippen LogP contribution in [0.15, 0.2) is 11.1 Å². The largest absolute Gasteiger partial charge is 0.394 e. The average Bonchev–Trinajstić information content (AvgIpc) is 2.52. The Labute approximate surface area is 103 Å². The molecule has 0 spiro atoms. The Morgan fingerprint density at radius 2 is 2.39 bits per heavy atom. The standard InChI is InChI=1S/C9H14N4O5.H2/c1-9(17)5(15)4(2-14)18-6(9)13-3-11-7(10)12-8(13)16;/h3-6,14-15,17H,2H2,1H3,(H2,10,12,16);1H/t4-,5?,6-,9+;/m1./s1. The summed E-state index contributed by atoms with van der Waals surface area (Å²) < 4.78 is 6.15. The van der Waals surface area contributed by atoms with Crippen molar-refractivity contribution in [3.8, 4) is 0 Å². The SMILES string of the molecule is C[C@]1(O)C(O)[C@@H](CO)O[C@H]1n1cnc(N)nc1=O.[HH]. The summed E-state index contributed by atoms with van der Waals surface area (Å²) in [5.74, 6) is -0.201. The third-order valence-corrected chi connectivity index (χ3v) is 2.93. The van der Waals surface area contributed by atoms with E-state index in [-0.39, 0.29) is 7.37 Å². The summed E-state index contributed by atoms with van der Waals surface area (Å²) in [4.78, 5) is 18.6. The molecule has 102 valence electrons. The fraction of sp³-hybridized carbons (Fsp3) is 0.667. The normalized spacial score (nSPS) is 35.9. The third kappa shape index (κ3) is 1.86. The number of ether oxygens (including phenoxy) is 1. The van der Waals surface area contributed by atoms with Gasteiger partial charge >= 0.3 is 5.69 Å². The Bertz CT molecular complexity index is 508. The van der Waals surface area contributed by atoms with E-state index in [4.69, 9.17) is 15.6 Å². The van der Waals surface area contributed by atoms with Gasteiger partial charge in [0, 0.05) is 1.43 Å². The topological polar surface area (TPSA) is 144 Å². The first kappa shape index (κ1) is 12.9. The predicted octanol–water partition coefficient (Wildman–Crippen LogP) is -2.53. The Morgan fingerprint density at radius 1 is 1.72 bits per heavy atom. The molecule has 2 rings (SSSR count). The van der Waals surface area contributed by atoms with Crippen molar-refractivity contribution in [2.75, 3.05) is 12.3 Å². The highest BCUT2D eigenvalue weighted by Gasteiger charge is 2.53. The van der Waals surface area contributed by atoms with Gasteiger partial charge in [0.1, 0.15) is 24.1 Å². The number of anilines is 1. The molecular formula is C9H16N4O5. The van der Waals surface area contributed by atoms with E-state index in [2.05, 4.69) is 9.97 Å². The number of hydrogen-bond donors (Lipinski definition) is 4. The van der Waals surface area contributed by atoms with Crippen LogP contribution in [0.2, 0.25) is 0 Å². The van der Waals surface area contributed by atoms with Gasteiger partial charge in [0.05, 0.1) is 6.61 Å². The molecule has 0 radical (unpaired) electrons. The minimum Gasteiger partial charge on any atom is -0.394 e. The number of nitrogens with zero attached hydrogens (tertiary/aromatic N) is 3. The number of nitrogens with two attached hydrogens (primary N) is 1. The fourth-order valence-corrected chi connectivity index (χ4v) is 1.91. The lowest BCUT2D eigenvalue weighted by Crippen LogP contribution is -2.46. The van der Waals surface area contributed by atoms with Crippen molar-refractivity contribution >= 4 is 5.95 Å². The van der Waals surface area contributed by atoms with Gasteiger partial charge in [-0.15, -0.1) is 0 Å². The maximum absolute atomic E-state index is 11.6. The number of hydrogen-bond acceptors (Lipinski definition) is 8. The molecule has 9 nitrogen and oxygen atoms in total. The molecule has 9 heteroatoms. The van der Waals surface area contributed by atoms with E-state index in [1.165, 1.54) is 6.92 Å². The zero-order valence-corrected chi connectivity index (χ0v) is 9.59. The zero-order valence-electron chi connectivity index (χ0n) is 9.59. The van der Waals surface area contributed by atoms with Crippen LogP contribution in [0, 0.1) is 0 Å². The Morgan fingerprint density at radius 3 is 2.89 bits per heavy atom. The zero-order chi connectivity index (χ0) is 13.5. The second kappa shape index (κ2) is 4.28. The van der Waals surface area contributed by atoms with E-state index in [1.54, 1.807) is 0 Å². The van der Waals surface area contributed by atoms with Gasteiger partial charge in [-0.3, -0.25) is 4.57 Å². The molecule has 2 heterocycles. The van der Waals surface area contributed by atoms with Crippen LogP contribution in [0.5, 0.6) is 0 Å². The highest BCUT2D eigenvalue weighted by molar-refractivity contribution is 5.10. The summed E-state index contributed by atoms with van der Waals surface area (Å²) in [6.07, 6.45) is -2.46. The monoisotopic (exact) mass is 260 g/mol. The molecule has 18 heavy (non-hydrogen) atoms. The van der Waals surface area contributed by atoms with Gasteiger partial charge < -0.3 is 25.8 Å². The van der Waals surface area contributed by atoms with E-state index in [1.807, 2.05) is 0 Å². The van der Waals surface area contributed by atoms with E-state index < -0.39 is 36.3 Å². The molecule has 1 aromatic heterocycles. The second-order valence-electron chi connectivity index (χ2n) is 4.28. The second-order valence-corrected chi connectivity index (χ2v) is 4.28. The maximum Gasteiger partial charge on any atom is 0.354 e. The van der Waals surface area contributed by atoms with E-state index in [0.29, 0.717) is 0 Å². The van der Waals surface area contributed by atoms with E-state index in [9.17, 15) is 15.0 Å². The van der Waals surface area contributed by atoms with Crippen molar-refractivity contribution in [2.24, 2.45) is 0 Å². The lowest BCUT2D eigenvalue weighted by atomic mass is 9.97. The van der Waals surface area contributed by atoms with Crippen molar-refractivity contribution < 1.29 is 21.5 Å². The van der Waals surface area contributed by atoms with Crippen LogP contribution < -0.4 is 11.4 Å². The highest BCUT2D eigenvalue weighted by atomic mass is 16.6. The van der Waals surface area contributed by atoms with Crippen molar-refractivity contribution in [1.82, 2.24) is 14.5 Å². The first-order valence-corrected chi connectivity index (χ1v) is 5.25. The Kier molecular flexibility index (Phi) is 3.07. The molecular weight excluding hydrogens is 244 g/mol. The summed E-state index contributed by atoms with van der Waals surface area (Å²) in [6, 6.07) is 0. The minimum absolute atomic E-state index is 0. The van der Waals surface area contributed by atoms with Gasteiger partial charge in [-0.2, -0.15) is 4.98 Å². The molecule has 1 saturated heterocycles. The molecule has 1 aliphatic rings. The Balaban J connectivity index is 0.00000180. The quantitative estimate of drug-likeness (QED) is 0.455. The van der Waals surface area contributed by atoms with Crippen molar-refractivity contribution in [1.29, 1.82) is 0 Å². The summed E-state index contributed by atoms with van der Waals surface area (Å²) in [7, 11) is 0. The summed E-state index contributed by atoms with van der Waals surface area (Å²) in [6.45, 7) is 0.805. The molecule has 1 unspecified atom stereocenters. The van der Waals surface area contributed by atoms with Crippen LogP contribution in [0.3, 0.4) is 0 Å². The van der Waals surface area contributed by atoms with Crippen LogP contribution in [0.4, 0.5) is 5.95 Å². The van der Waals surface area contributed by atoms with Gasteiger partial charge in [0.15, 0.2) is 6.23 Å². The van der Waals surface area contributed by atoms with Gasteiger partial charge in [0.2, 0.25) is 5.95 Å². The average molecular weight is 260 g/mol. The summed E-state index contributed by atoms with van der Waals surface area (Å²) in [5.41, 5.74) is 2.73. The lowest BCUT2D eigenvalue weighted by molar-refractivity contribution is -0.0991. The van der Waals surface area contributed by atoms with E-state index >= 15 is 0 Å². The summed E-state index contributed by atoms with van der Waals surface area (Å²) in [5, 5.41) is 28.9. The molecule has 1 aromatic rings. The Hall–Kier alpha value is -1.55. The van der Waals surface area contributed by atoms with Gasteiger partial charge in [-0.1, -0.05) is 0 Å². The highest BCUT2D eigenvalue weighted by Crippen LogP contribution is 2.36. The van der Waals surface area contributed by atoms with Crippen LogP contribution in [-0.4, -0.2) is 54.3 Å². The molecule has 1 aliphatic heterocycles. The van der Waals surface area contributed by atoms with Crippen LogP contribution >= 0.6 is 0 Å². The van der Waals surface area contributed by atoms with Gasteiger partial charge in [0.25, 0.3) is 0 Å². The van der Waals surface area contributed by atoms with Crippen molar-refractivity contribution in [3.05, 3.63) is 16.8 Å². The van der Waals surface area contributed by atoms with Crippen LogP contribution in [0.1, 0.15) is 14.6 Å². The molecule has 0 aliphatic carbocycles. The van der Waals surface area contributed by atoms with Crippen molar-refractivity contribution in [3.63, 3.8) is 0 Å². The molecule has 0 saturated carbocycles. The molecule has 1 fully saturated rings. The van der Waals surface area contributed by atoms with E-state index in [0.717, 1.165) is 10.9 Å². The van der Waals surface area contributed by atoms with Crippen molar-refractivity contribution in [2.45, 2.75) is 31.0 Å². The molecule has 0 bridgehead atoms. The summed E-state index contributed by atoms with van der Waals surface area (Å²) >= 11 is 0. The smallest absolute Gasteiger partial charge is 0.354 e. The molecule has 5 N–H and O–H groups in total. The predicted molar refractivity (Wildman–Crippen MR) is 60.4 cm³/mol. The number of aromatic nitrogens is 3. The number of nitrogen functional groups attached to an aromatic ring is 1. The molecule has 0 amide bonds. The first-order chi connectivity index (χ1) is 8.37.